The van der Waals surface area contributed by atoms with Crippen molar-refractivity contribution in [2.24, 2.45) is 0 Å². The topological polar surface area (TPSA) is 39.2 Å². The highest BCUT2D eigenvalue weighted by atomic mass is 35.5. The summed E-state index contributed by atoms with van der Waals surface area (Å²) in [5.41, 5.74) is -0.803. The molecular weight excluding hydrogens is 251 g/mol. The predicted octanol–water partition coefficient (Wildman–Crippen LogP) is 3.11. The van der Waals surface area contributed by atoms with Gasteiger partial charge in [-0.3, -0.25) is 0 Å². The average Bonchev–Trinajstić information content (AvgIpc) is 2.14. The molecule has 0 radical (unpaired) electrons. The van der Waals surface area contributed by atoms with E-state index in [1.54, 1.807) is 0 Å². The summed E-state index contributed by atoms with van der Waals surface area (Å²) in [7, 11) is 1.13. The van der Waals surface area contributed by atoms with Crippen LogP contribution in [-0.4, -0.2) is 18.1 Å². The first kappa shape index (κ1) is 12.1. The Morgan fingerprint density at radius 3 is 2.53 bits per heavy atom. The first-order chi connectivity index (χ1) is 6.97. The number of nitrogens with zero attached hydrogens (tertiary/aromatic N) is 1. The van der Waals surface area contributed by atoms with Crippen molar-refractivity contribution in [1.29, 1.82) is 0 Å². The third kappa shape index (κ3) is 2.54. The van der Waals surface area contributed by atoms with Gasteiger partial charge >= 0.3 is 5.97 Å². The highest BCUT2D eigenvalue weighted by Crippen LogP contribution is 2.32. The van der Waals surface area contributed by atoms with E-state index in [-0.39, 0.29) is 10.7 Å². The molecule has 0 aliphatic heterocycles. The Kier molecular flexibility index (Phi) is 3.82. The third-order valence-electron chi connectivity index (χ3n) is 1.57. The van der Waals surface area contributed by atoms with Crippen LogP contribution in [0.15, 0.2) is 6.07 Å². The van der Waals surface area contributed by atoms with Gasteiger partial charge in [0.25, 0.3) is 6.43 Å². The Bertz CT molecular complexity index is 375. The minimum absolute atomic E-state index is 0.211. The zero-order chi connectivity index (χ0) is 11.6. The molecule has 0 aliphatic carbocycles. The highest BCUT2D eigenvalue weighted by Gasteiger charge is 2.21. The Balaban J connectivity index is 3.25. The van der Waals surface area contributed by atoms with Gasteiger partial charge in [0.2, 0.25) is 0 Å². The van der Waals surface area contributed by atoms with E-state index in [9.17, 15) is 13.6 Å². The van der Waals surface area contributed by atoms with Crippen LogP contribution in [0.3, 0.4) is 0 Å². The number of alkyl halides is 2. The van der Waals surface area contributed by atoms with Crippen LogP contribution < -0.4 is 0 Å². The molecular formula is C8H5Cl2F2NO2. The molecule has 1 rings (SSSR count). The van der Waals surface area contributed by atoms with Crippen molar-refractivity contribution in [3.63, 3.8) is 0 Å². The van der Waals surface area contributed by atoms with Crippen molar-refractivity contribution >= 4 is 29.2 Å². The van der Waals surface area contributed by atoms with E-state index >= 15 is 0 Å². The Morgan fingerprint density at radius 1 is 1.53 bits per heavy atom. The second-order valence-corrected chi connectivity index (χ2v) is 3.25. The fourth-order valence-electron chi connectivity index (χ4n) is 0.898. The number of hydrogen-bond donors (Lipinski definition) is 0. The van der Waals surface area contributed by atoms with Crippen LogP contribution in [0.25, 0.3) is 0 Å². The molecule has 0 saturated heterocycles. The molecule has 0 aromatic carbocycles. The van der Waals surface area contributed by atoms with Crippen molar-refractivity contribution < 1.29 is 18.3 Å². The number of carbonyl (C=O) groups is 1. The molecule has 0 bridgehead atoms. The Morgan fingerprint density at radius 2 is 2.13 bits per heavy atom. The number of carbonyl (C=O) groups excluding carboxylic acids is 1. The Hall–Kier alpha value is -0.940. The molecule has 1 aromatic heterocycles. The third-order valence-corrected chi connectivity index (χ3v) is 2.18. The number of hydrogen-bond acceptors (Lipinski definition) is 3. The SMILES string of the molecule is COC(=O)c1cc(Cl)c(C(F)F)c(Cl)n1. The number of ether oxygens (including phenoxy) is 1. The van der Waals surface area contributed by atoms with Crippen LogP contribution >= 0.6 is 23.2 Å². The van der Waals surface area contributed by atoms with Crippen molar-refractivity contribution in [2.75, 3.05) is 7.11 Å². The van der Waals surface area contributed by atoms with E-state index in [1.165, 1.54) is 0 Å². The van der Waals surface area contributed by atoms with Crippen molar-refractivity contribution in [3.05, 3.63) is 27.5 Å². The highest BCUT2D eigenvalue weighted by molar-refractivity contribution is 6.35. The predicted molar refractivity (Wildman–Crippen MR) is 50.6 cm³/mol. The normalized spacial score (nSPS) is 10.5. The minimum atomic E-state index is -2.84. The summed E-state index contributed by atoms with van der Waals surface area (Å²) in [6, 6.07) is 0.987. The van der Waals surface area contributed by atoms with Gasteiger partial charge in [0, 0.05) is 0 Å². The number of pyridine rings is 1. The zero-order valence-corrected chi connectivity index (χ0v) is 8.94. The van der Waals surface area contributed by atoms with Gasteiger partial charge < -0.3 is 4.74 Å². The second kappa shape index (κ2) is 4.72. The maximum atomic E-state index is 12.4. The number of halogens is 4. The lowest BCUT2D eigenvalue weighted by Crippen LogP contribution is -2.06. The van der Waals surface area contributed by atoms with E-state index in [0.717, 1.165) is 13.2 Å². The van der Waals surface area contributed by atoms with Gasteiger partial charge in [0.1, 0.15) is 5.15 Å². The summed E-state index contributed by atoms with van der Waals surface area (Å²) in [5.74, 6) is -0.792. The van der Waals surface area contributed by atoms with Crippen LogP contribution in [0, 0.1) is 0 Å². The maximum Gasteiger partial charge on any atom is 0.356 e. The van der Waals surface area contributed by atoms with Gasteiger partial charge in [-0.1, -0.05) is 23.2 Å². The standard InChI is InChI=1S/C8H5Cl2F2NO2/c1-15-8(14)4-2-3(9)5(7(11)12)6(10)13-4/h2,7H,1H3. The molecule has 3 nitrogen and oxygen atoms in total. The Labute approximate surface area is 94.0 Å². The molecule has 0 atom stereocenters. The van der Waals surface area contributed by atoms with Crippen LogP contribution in [-0.2, 0) is 4.74 Å². The molecule has 1 aromatic rings. The first-order valence-corrected chi connectivity index (χ1v) is 4.45. The molecule has 0 aliphatic rings. The van der Waals surface area contributed by atoms with E-state index < -0.39 is 23.1 Å². The molecule has 0 unspecified atom stereocenters. The summed E-state index contributed by atoms with van der Waals surface area (Å²) in [4.78, 5) is 14.5. The number of methoxy groups -OCH3 is 1. The summed E-state index contributed by atoms with van der Waals surface area (Å²) in [6.45, 7) is 0. The lowest BCUT2D eigenvalue weighted by molar-refractivity contribution is 0.0593. The fourth-order valence-corrected chi connectivity index (χ4v) is 1.50. The molecule has 0 saturated carbocycles. The van der Waals surface area contributed by atoms with Crippen molar-refractivity contribution in [1.82, 2.24) is 4.98 Å². The van der Waals surface area contributed by atoms with Gasteiger partial charge in [0.15, 0.2) is 5.69 Å². The van der Waals surface area contributed by atoms with Crippen LogP contribution in [0.4, 0.5) is 8.78 Å². The largest absolute Gasteiger partial charge is 0.464 e. The maximum absolute atomic E-state index is 12.4. The monoisotopic (exact) mass is 255 g/mol. The van der Waals surface area contributed by atoms with E-state index in [1.807, 2.05) is 0 Å². The lowest BCUT2D eigenvalue weighted by Gasteiger charge is -2.06. The quantitative estimate of drug-likeness (QED) is 0.602. The lowest BCUT2D eigenvalue weighted by atomic mass is 10.2. The van der Waals surface area contributed by atoms with Crippen molar-refractivity contribution in [2.45, 2.75) is 6.43 Å². The van der Waals surface area contributed by atoms with Crippen LogP contribution in [0.1, 0.15) is 22.5 Å². The van der Waals surface area contributed by atoms with Gasteiger partial charge in [-0.2, -0.15) is 0 Å². The molecule has 0 N–H and O–H groups in total. The van der Waals surface area contributed by atoms with Gasteiger partial charge in [-0.15, -0.1) is 0 Å². The molecule has 1 heterocycles. The van der Waals surface area contributed by atoms with E-state index in [0.29, 0.717) is 0 Å². The van der Waals surface area contributed by atoms with Gasteiger partial charge in [-0.05, 0) is 6.07 Å². The summed E-state index contributed by atoms with van der Waals surface area (Å²) >= 11 is 11.0. The molecule has 0 spiro atoms. The van der Waals surface area contributed by atoms with E-state index in [4.69, 9.17) is 23.2 Å². The van der Waals surface area contributed by atoms with Crippen molar-refractivity contribution in [3.8, 4) is 0 Å². The minimum Gasteiger partial charge on any atom is -0.464 e. The zero-order valence-electron chi connectivity index (χ0n) is 7.43. The van der Waals surface area contributed by atoms with Gasteiger partial charge in [0.05, 0.1) is 17.7 Å². The average molecular weight is 256 g/mol. The molecule has 15 heavy (non-hydrogen) atoms. The molecule has 82 valence electrons. The smallest absolute Gasteiger partial charge is 0.356 e. The van der Waals surface area contributed by atoms with Crippen LogP contribution in [0.2, 0.25) is 10.2 Å². The first-order valence-electron chi connectivity index (χ1n) is 3.69. The molecule has 7 heteroatoms. The summed E-state index contributed by atoms with van der Waals surface area (Å²) in [5, 5.41) is -0.816. The number of aromatic nitrogens is 1. The molecule has 0 amide bonds. The molecule has 0 fully saturated rings. The second-order valence-electron chi connectivity index (χ2n) is 2.49. The number of esters is 1. The number of rotatable bonds is 2. The van der Waals surface area contributed by atoms with Crippen LogP contribution in [0.5, 0.6) is 0 Å². The fraction of sp³-hybridized carbons (Fsp3) is 0.250. The van der Waals surface area contributed by atoms with Gasteiger partial charge in [-0.25, -0.2) is 18.6 Å². The summed E-state index contributed by atoms with van der Waals surface area (Å²) in [6.07, 6.45) is -2.84. The summed E-state index contributed by atoms with van der Waals surface area (Å²) < 4.78 is 29.1. The van der Waals surface area contributed by atoms with E-state index in [2.05, 4.69) is 9.72 Å².